The van der Waals surface area contributed by atoms with Crippen LogP contribution in [0.5, 0.6) is 0 Å². The average molecular weight is 385 g/mol. The molecule has 2 aromatic carbocycles. The van der Waals surface area contributed by atoms with Gasteiger partial charge in [0.25, 0.3) is 0 Å². The second kappa shape index (κ2) is 7.17. The first-order valence-corrected chi connectivity index (χ1v) is 10.3. The lowest BCUT2D eigenvalue weighted by molar-refractivity contribution is 0.837. The molecule has 0 unspecified atom stereocenters. The van der Waals surface area contributed by atoms with E-state index in [4.69, 9.17) is 5.10 Å². The Kier molecular flexibility index (Phi) is 4.37. The second-order valence-electron chi connectivity index (χ2n) is 7.00. The van der Waals surface area contributed by atoms with Crippen LogP contribution in [-0.2, 0) is 6.42 Å². The molecule has 0 saturated carbocycles. The minimum atomic E-state index is 0.751. The molecule has 0 spiro atoms. The minimum Gasteiger partial charge on any atom is -0.260 e. The molecule has 5 heteroatoms. The van der Waals surface area contributed by atoms with Crippen LogP contribution in [0.1, 0.15) is 29.8 Å². The number of rotatable bonds is 3. The van der Waals surface area contributed by atoms with E-state index in [-0.39, 0.29) is 0 Å². The lowest BCUT2D eigenvalue weighted by atomic mass is 9.90. The standard InChI is InChI=1S/C23H20N4S/c1-15-24-22(27-26-20-13-7-11-16-8-5-6-12-18(16)20)19-14-21(28-23(19)25-15)17-9-3-2-4-10-17/h2-6,8-10,12,14H,7,11,13H2,1H3,(H,24,25,27)/b26-20-. The molecule has 28 heavy (non-hydrogen) atoms. The number of thiophene rings is 1. The Labute approximate surface area is 168 Å². The first-order chi connectivity index (χ1) is 13.8. The summed E-state index contributed by atoms with van der Waals surface area (Å²) in [5.74, 6) is 1.53. The van der Waals surface area contributed by atoms with Gasteiger partial charge in [0.1, 0.15) is 10.7 Å². The van der Waals surface area contributed by atoms with Gasteiger partial charge in [-0.2, -0.15) is 5.10 Å². The number of nitrogens with one attached hydrogen (secondary N) is 1. The average Bonchev–Trinajstić information content (AvgIpc) is 3.16. The SMILES string of the molecule is Cc1nc(N/N=C2/CCCc3ccccc32)c2cc(-c3ccccc3)sc2n1. The van der Waals surface area contributed by atoms with E-state index in [0.717, 1.165) is 46.8 Å². The van der Waals surface area contributed by atoms with Gasteiger partial charge in [-0.3, -0.25) is 5.43 Å². The van der Waals surface area contributed by atoms with Crippen LogP contribution in [0.2, 0.25) is 0 Å². The zero-order valence-electron chi connectivity index (χ0n) is 15.6. The van der Waals surface area contributed by atoms with E-state index < -0.39 is 0 Å². The first-order valence-electron chi connectivity index (χ1n) is 9.52. The van der Waals surface area contributed by atoms with Crippen LogP contribution in [0, 0.1) is 6.92 Å². The number of benzene rings is 2. The largest absolute Gasteiger partial charge is 0.260 e. The molecule has 2 aromatic heterocycles. The summed E-state index contributed by atoms with van der Waals surface area (Å²) in [5, 5.41) is 5.77. The number of aromatic nitrogens is 2. The maximum absolute atomic E-state index is 4.75. The van der Waals surface area contributed by atoms with Crippen LogP contribution in [-0.4, -0.2) is 15.7 Å². The summed E-state index contributed by atoms with van der Waals surface area (Å²) >= 11 is 1.69. The molecule has 138 valence electrons. The number of nitrogens with zero attached hydrogens (tertiary/aromatic N) is 3. The zero-order chi connectivity index (χ0) is 18.9. The summed E-state index contributed by atoms with van der Waals surface area (Å²) in [4.78, 5) is 11.4. The summed E-state index contributed by atoms with van der Waals surface area (Å²) in [6.45, 7) is 1.93. The van der Waals surface area contributed by atoms with Crippen molar-refractivity contribution in [2.45, 2.75) is 26.2 Å². The monoisotopic (exact) mass is 384 g/mol. The van der Waals surface area contributed by atoms with Crippen molar-refractivity contribution >= 4 is 33.1 Å². The highest BCUT2D eigenvalue weighted by molar-refractivity contribution is 7.21. The molecule has 1 aliphatic carbocycles. The van der Waals surface area contributed by atoms with Crippen LogP contribution >= 0.6 is 11.3 Å². The summed E-state index contributed by atoms with van der Waals surface area (Å²) in [7, 11) is 0. The number of anilines is 1. The number of hydrogen-bond donors (Lipinski definition) is 1. The number of fused-ring (bicyclic) bond motifs is 2. The van der Waals surface area contributed by atoms with Crippen molar-refractivity contribution in [3.63, 3.8) is 0 Å². The summed E-state index contributed by atoms with van der Waals surface area (Å²) in [6, 6.07) is 21.1. The van der Waals surface area contributed by atoms with Gasteiger partial charge in [-0.1, -0.05) is 54.6 Å². The molecule has 0 bridgehead atoms. The van der Waals surface area contributed by atoms with E-state index in [0.29, 0.717) is 0 Å². The highest BCUT2D eigenvalue weighted by Gasteiger charge is 2.16. The number of hydrazone groups is 1. The maximum Gasteiger partial charge on any atom is 0.158 e. The summed E-state index contributed by atoms with van der Waals surface area (Å²) < 4.78 is 0. The second-order valence-corrected chi connectivity index (χ2v) is 8.03. The zero-order valence-corrected chi connectivity index (χ0v) is 16.5. The third-order valence-electron chi connectivity index (χ3n) is 5.05. The molecule has 4 aromatic rings. The van der Waals surface area contributed by atoms with Gasteiger partial charge >= 0.3 is 0 Å². The van der Waals surface area contributed by atoms with Gasteiger partial charge in [0.2, 0.25) is 0 Å². The number of hydrogen-bond acceptors (Lipinski definition) is 5. The normalized spacial score (nSPS) is 15.0. The molecule has 0 radical (unpaired) electrons. The highest BCUT2D eigenvalue weighted by atomic mass is 32.1. The third kappa shape index (κ3) is 3.18. The Hall–Kier alpha value is -3.05. The smallest absolute Gasteiger partial charge is 0.158 e. The molecule has 0 atom stereocenters. The van der Waals surface area contributed by atoms with Crippen molar-refractivity contribution < 1.29 is 0 Å². The molecule has 0 amide bonds. The molecule has 1 N–H and O–H groups in total. The van der Waals surface area contributed by atoms with Crippen molar-refractivity contribution in [3.05, 3.63) is 77.6 Å². The Bertz CT molecular complexity index is 1180. The van der Waals surface area contributed by atoms with Crippen LogP contribution < -0.4 is 5.43 Å². The van der Waals surface area contributed by atoms with Gasteiger partial charge in [0.05, 0.1) is 11.1 Å². The van der Waals surface area contributed by atoms with Gasteiger partial charge in [-0.25, -0.2) is 9.97 Å². The van der Waals surface area contributed by atoms with Crippen molar-refractivity contribution in [2.75, 3.05) is 5.43 Å². The molecule has 4 nitrogen and oxygen atoms in total. The van der Waals surface area contributed by atoms with E-state index in [2.05, 4.69) is 70.0 Å². The molecule has 0 fully saturated rings. The topological polar surface area (TPSA) is 50.2 Å². The molecule has 1 aliphatic rings. The molecule has 2 heterocycles. The van der Waals surface area contributed by atoms with Crippen molar-refractivity contribution in [2.24, 2.45) is 5.10 Å². The summed E-state index contributed by atoms with van der Waals surface area (Å²) in [6.07, 6.45) is 3.24. The van der Waals surface area contributed by atoms with E-state index in [1.165, 1.54) is 21.6 Å². The third-order valence-corrected chi connectivity index (χ3v) is 6.13. The fourth-order valence-corrected chi connectivity index (χ4v) is 4.78. The Morgan fingerprint density at radius 2 is 1.79 bits per heavy atom. The maximum atomic E-state index is 4.75. The first kappa shape index (κ1) is 17.1. The fraction of sp³-hybridized carbons (Fsp3) is 0.174. The Morgan fingerprint density at radius 3 is 2.68 bits per heavy atom. The van der Waals surface area contributed by atoms with E-state index in [1.54, 1.807) is 11.3 Å². The highest BCUT2D eigenvalue weighted by Crippen LogP contribution is 2.35. The van der Waals surface area contributed by atoms with Gasteiger partial charge in [-0.05, 0) is 43.4 Å². The van der Waals surface area contributed by atoms with E-state index >= 15 is 0 Å². The van der Waals surface area contributed by atoms with Crippen molar-refractivity contribution in [1.82, 2.24) is 9.97 Å². The van der Waals surface area contributed by atoms with Gasteiger partial charge in [-0.15, -0.1) is 11.3 Å². The lowest BCUT2D eigenvalue weighted by Crippen LogP contribution is -2.13. The molecule has 0 aliphatic heterocycles. The fourth-order valence-electron chi connectivity index (χ4n) is 3.70. The molecular formula is C23H20N4S. The Balaban J connectivity index is 1.54. The van der Waals surface area contributed by atoms with Gasteiger partial charge in [0, 0.05) is 10.4 Å². The lowest BCUT2D eigenvalue weighted by Gasteiger charge is -2.17. The van der Waals surface area contributed by atoms with Crippen LogP contribution in [0.3, 0.4) is 0 Å². The number of aryl methyl sites for hydroxylation is 2. The van der Waals surface area contributed by atoms with Crippen LogP contribution in [0.25, 0.3) is 20.7 Å². The van der Waals surface area contributed by atoms with E-state index in [9.17, 15) is 0 Å². The van der Waals surface area contributed by atoms with Gasteiger partial charge < -0.3 is 0 Å². The van der Waals surface area contributed by atoms with Gasteiger partial charge in [0.15, 0.2) is 5.82 Å². The summed E-state index contributed by atoms with van der Waals surface area (Å²) in [5.41, 5.74) is 8.17. The quantitative estimate of drug-likeness (QED) is 0.453. The predicted octanol–water partition coefficient (Wildman–Crippen LogP) is 5.82. The molecule has 5 rings (SSSR count). The van der Waals surface area contributed by atoms with Crippen LogP contribution in [0.15, 0.2) is 65.8 Å². The van der Waals surface area contributed by atoms with Crippen LogP contribution in [0.4, 0.5) is 5.82 Å². The molecule has 0 saturated heterocycles. The Morgan fingerprint density at radius 1 is 0.964 bits per heavy atom. The minimum absolute atomic E-state index is 0.751. The predicted molar refractivity (Wildman–Crippen MR) is 117 cm³/mol. The van der Waals surface area contributed by atoms with Crippen molar-refractivity contribution in [1.29, 1.82) is 0 Å². The van der Waals surface area contributed by atoms with Crippen molar-refractivity contribution in [3.8, 4) is 10.4 Å². The van der Waals surface area contributed by atoms with E-state index in [1.807, 2.05) is 13.0 Å². The molecular weight excluding hydrogens is 364 g/mol.